The SMILES string of the molecule is Cc1c(Cl)nc(C(C)(C)C)nc1-c1cscc1Br. The third-order valence-electron chi connectivity index (χ3n) is 2.63. The lowest BCUT2D eigenvalue weighted by atomic mass is 9.95. The molecule has 2 aromatic rings. The van der Waals surface area contributed by atoms with Crippen LogP contribution in [0.3, 0.4) is 0 Å². The molecular formula is C13H14BrClN2S. The van der Waals surface area contributed by atoms with E-state index >= 15 is 0 Å². The second kappa shape index (κ2) is 4.91. The van der Waals surface area contributed by atoms with Gasteiger partial charge in [-0.1, -0.05) is 32.4 Å². The molecule has 0 N–H and O–H groups in total. The predicted octanol–water partition coefficient (Wildman–Crippen LogP) is 5.23. The van der Waals surface area contributed by atoms with E-state index < -0.39 is 0 Å². The van der Waals surface area contributed by atoms with Crippen molar-refractivity contribution in [2.45, 2.75) is 33.1 Å². The van der Waals surface area contributed by atoms with Crippen LogP contribution < -0.4 is 0 Å². The predicted molar refractivity (Wildman–Crippen MR) is 81.5 cm³/mol. The molecule has 96 valence electrons. The fraction of sp³-hybridized carbons (Fsp3) is 0.385. The molecule has 2 rings (SSSR count). The summed E-state index contributed by atoms with van der Waals surface area (Å²) >= 11 is 11.4. The number of nitrogens with zero attached hydrogens (tertiary/aromatic N) is 2. The molecule has 0 unspecified atom stereocenters. The van der Waals surface area contributed by atoms with Crippen LogP contribution in [0.4, 0.5) is 0 Å². The molecule has 0 saturated carbocycles. The van der Waals surface area contributed by atoms with Gasteiger partial charge in [-0.15, -0.1) is 0 Å². The Labute approximate surface area is 125 Å². The van der Waals surface area contributed by atoms with Gasteiger partial charge in [-0.25, -0.2) is 9.97 Å². The van der Waals surface area contributed by atoms with E-state index in [0.29, 0.717) is 5.15 Å². The largest absolute Gasteiger partial charge is 0.232 e. The van der Waals surface area contributed by atoms with E-state index in [0.717, 1.165) is 27.1 Å². The average Bonchev–Trinajstić information content (AvgIpc) is 2.67. The van der Waals surface area contributed by atoms with Crippen LogP contribution in [0.5, 0.6) is 0 Å². The molecular weight excluding hydrogens is 332 g/mol. The highest BCUT2D eigenvalue weighted by atomic mass is 79.9. The van der Waals surface area contributed by atoms with E-state index in [2.05, 4.69) is 52.0 Å². The zero-order chi connectivity index (χ0) is 13.5. The smallest absolute Gasteiger partial charge is 0.136 e. The minimum Gasteiger partial charge on any atom is -0.232 e. The van der Waals surface area contributed by atoms with Crippen molar-refractivity contribution in [2.75, 3.05) is 0 Å². The lowest BCUT2D eigenvalue weighted by molar-refractivity contribution is 0.545. The van der Waals surface area contributed by atoms with Gasteiger partial charge >= 0.3 is 0 Å². The number of rotatable bonds is 1. The molecule has 2 aromatic heterocycles. The number of thiophene rings is 1. The number of halogens is 2. The van der Waals surface area contributed by atoms with Gasteiger partial charge in [0.1, 0.15) is 11.0 Å². The molecule has 0 aromatic carbocycles. The Bertz CT molecular complexity index is 587. The van der Waals surface area contributed by atoms with Gasteiger partial charge in [-0.3, -0.25) is 0 Å². The van der Waals surface area contributed by atoms with E-state index in [-0.39, 0.29) is 5.41 Å². The third-order valence-corrected chi connectivity index (χ3v) is 4.70. The lowest BCUT2D eigenvalue weighted by Crippen LogP contribution is -2.17. The number of hydrogen-bond acceptors (Lipinski definition) is 3. The van der Waals surface area contributed by atoms with E-state index in [4.69, 9.17) is 11.6 Å². The van der Waals surface area contributed by atoms with Crippen molar-refractivity contribution in [3.8, 4) is 11.3 Å². The summed E-state index contributed by atoms with van der Waals surface area (Å²) in [5.41, 5.74) is 2.79. The molecule has 0 atom stereocenters. The molecule has 0 aliphatic carbocycles. The van der Waals surface area contributed by atoms with Crippen molar-refractivity contribution >= 4 is 38.9 Å². The second-order valence-corrected chi connectivity index (χ2v) is 7.15. The average molecular weight is 346 g/mol. The van der Waals surface area contributed by atoms with Crippen LogP contribution in [0.25, 0.3) is 11.3 Å². The normalized spacial score (nSPS) is 11.9. The first-order valence-electron chi connectivity index (χ1n) is 5.57. The van der Waals surface area contributed by atoms with Crippen LogP contribution in [-0.4, -0.2) is 9.97 Å². The van der Waals surface area contributed by atoms with Crippen LogP contribution >= 0.6 is 38.9 Å². The maximum absolute atomic E-state index is 6.23. The first-order valence-corrected chi connectivity index (χ1v) is 7.68. The van der Waals surface area contributed by atoms with E-state index in [9.17, 15) is 0 Å². The summed E-state index contributed by atoms with van der Waals surface area (Å²) in [6.45, 7) is 8.20. The third kappa shape index (κ3) is 2.60. The van der Waals surface area contributed by atoms with Crippen LogP contribution in [0.2, 0.25) is 5.15 Å². The molecule has 0 saturated heterocycles. The molecule has 0 bridgehead atoms. The first-order chi connectivity index (χ1) is 8.30. The summed E-state index contributed by atoms with van der Waals surface area (Å²) in [5, 5.41) is 4.65. The van der Waals surface area contributed by atoms with Gasteiger partial charge in [0.05, 0.1) is 5.69 Å². The standard InChI is InChI=1S/C13H14BrClN2S/c1-7-10(8-5-18-6-9(8)14)16-12(13(2,3)4)17-11(7)15/h5-6H,1-4H3. The van der Waals surface area contributed by atoms with Gasteiger partial charge in [0.25, 0.3) is 0 Å². The molecule has 2 nitrogen and oxygen atoms in total. The van der Waals surface area contributed by atoms with E-state index in [1.165, 1.54) is 0 Å². The molecule has 2 heterocycles. The monoisotopic (exact) mass is 344 g/mol. The van der Waals surface area contributed by atoms with Crippen LogP contribution in [0.1, 0.15) is 32.2 Å². The molecule has 0 aliphatic rings. The van der Waals surface area contributed by atoms with Crippen molar-refractivity contribution in [3.63, 3.8) is 0 Å². The van der Waals surface area contributed by atoms with Crippen molar-refractivity contribution in [2.24, 2.45) is 0 Å². The van der Waals surface area contributed by atoms with Gasteiger partial charge in [0.15, 0.2) is 0 Å². The Morgan fingerprint density at radius 1 is 1.22 bits per heavy atom. The van der Waals surface area contributed by atoms with Crippen molar-refractivity contribution in [1.82, 2.24) is 9.97 Å². The quantitative estimate of drug-likeness (QED) is 0.662. The topological polar surface area (TPSA) is 25.8 Å². The minimum absolute atomic E-state index is 0.116. The highest BCUT2D eigenvalue weighted by molar-refractivity contribution is 9.10. The second-order valence-electron chi connectivity index (χ2n) is 5.20. The highest BCUT2D eigenvalue weighted by Crippen LogP contribution is 2.35. The van der Waals surface area contributed by atoms with Gasteiger partial charge in [0, 0.05) is 31.8 Å². The van der Waals surface area contributed by atoms with Gasteiger partial charge in [-0.2, -0.15) is 11.3 Å². The fourth-order valence-electron chi connectivity index (χ4n) is 1.54. The van der Waals surface area contributed by atoms with Crippen molar-refractivity contribution in [1.29, 1.82) is 0 Å². The molecule has 18 heavy (non-hydrogen) atoms. The molecule has 5 heteroatoms. The Balaban J connectivity index is 2.68. The molecule has 0 amide bonds. The van der Waals surface area contributed by atoms with Crippen LogP contribution in [-0.2, 0) is 5.41 Å². The van der Waals surface area contributed by atoms with Crippen molar-refractivity contribution in [3.05, 3.63) is 31.8 Å². The van der Waals surface area contributed by atoms with Gasteiger partial charge in [-0.05, 0) is 22.9 Å². The Morgan fingerprint density at radius 3 is 2.39 bits per heavy atom. The summed E-state index contributed by atoms with van der Waals surface area (Å²) in [6.07, 6.45) is 0. The zero-order valence-corrected chi connectivity index (χ0v) is 13.9. The molecule has 0 spiro atoms. The fourth-order valence-corrected chi connectivity index (χ4v) is 3.17. The number of hydrogen-bond donors (Lipinski definition) is 0. The van der Waals surface area contributed by atoms with Crippen LogP contribution in [0.15, 0.2) is 15.2 Å². The van der Waals surface area contributed by atoms with Gasteiger partial charge < -0.3 is 0 Å². The maximum atomic E-state index is 6.23. The van der Waals surface area contributed by atoms with Gasteiger partial charge in [0.2, 0.25) is 0 Å². The lowest BCUT2D eigenvalue weighted by Gasteiger charge is -2.18. The summed E-state index contributed by atoms with van der Waals surface area (Å²) in [6, 6.07) is 0. The van der Waals surface area contributed by atoms with E-state index in [1.807, 2.05) is 12.3 Å². The Kier molecular flexibility index (Phi) is 3.81. The minimum atomic E-state index is -0.116. The highest BCUT2D eigenvalue weighted by Gasteiger charge is 2.22. The Hall–Kier alpha value is -0.450. The number of aromatic nitrogens is 2. The molecule has 0 aliphatic heterocycles. The summed E-state index contributed by atoms with van der Waals surface area (Å²) in [7, 11) is 0. The maximum Gasteiger partial charge on any atom is 0.136 e. The Morgan fingerprint density at radius 2 is 1.89 bits per heavy atom. The zero-order valence-electron chi connectivity index (χ0n) is 10.7. The summed E-state index contributed by atoms with van der Waals surface area (Å²) in [5.74, 6) is 0.770. The van der Waals surface area contributed by atoms with Crippen molar-refractivity contribution < 1.29 is 0 Å². The molecule has 0 radical (unpaired) electrons. The van der Waals surface area contributed by atoms with Crippen LogP contribution in [0, 0.1) is 6.92 Å². The van der Waals surface area contributed by atoms with E-state index in [1.54, 1.807) is 11.3 Å². The summed E-state index contributed by atoms with van der Waals surface area (Å²) < 4.78 is 1.05. The first kappa shape index (κ1) is 14.0. The summed E-state index contributed by atoms with van der Waals surface area (Å²) in [4.78, 5) is 9.08. The molecule has 0 fully saturated rings.